The van der Waals surface area contributed by atoms with E-state index in [-0.39, 0.29) is 6.23 Å². The summed E-state index contributed by atoms with van der Waals surface area (Å²) in [6, 6.07) is 0. The minimum absolute atomic E-state index is 0.273. The molecule has 0 aromatic rings. The van der Waals surface area contributed by atoms with Crippen LogP contribution in [0.2, 0.25) is 0 Å². The Morgan fingerprint density at radius 2 is 2.25 bits per heavy atom. The summed E-state index contributed by atoms with van der Waals surface area (Å²) in [5, 5.41) is 0. The Morgan fingerprint density at radius 1 is 1.62 bits per heavy atom. The second-order valence-electron chi connectivity index (χ2n) is 1.83. The van der Waals surface area contributed by atoms with Crippen molar-refractivity contribution in [3.8, 4) is 0 Å². The standard InChI is InChI=1S/C4H7Cl2NO/c5-4(6)2-1-3(7)8-4/h3H,1-2,7H2. The zero-order chi connectivity index (χ0) is 6.20. The fourth-order valence-electron chi connectivity index (χ4n) is 0.650. The van der Waals surface area contributed by atoms with E-state index in [0.717, 1.165) is 6.42 Å². The van der Waals surface area contributed by atoms with Gasteiger partial charge in [-0.2, -0.15) is 0 Å². The summed E-state index contributed by atoms with van der Waals surface area (Å²) in [4.78, 5) is 0. The number of nitrogens with two attached hydrogens (primary N) is 1. The Morgan fingerprint density at radius 3 is 2.38 bits per heavy atom. The maximum atomic E-state index is 5.53. The van der Waals surface area contributed by atoms with Gasteiger partial charge in [0.05, 0.1) is 0 Å². The fraction of sp³-hybridized carbons (Fsp3) is 1.00. The summed E-state index contributed by atoms with van der Waals surface area (Å²) in [5.74, 6) is 0. The molecule has 1 fully saturated rings. The highest BCUT2D eigenvalue weighted by atomic mass is 35.5. The summed E-state index contributed by atoms with van der Waals surface area (Å²) in [5.41, 5.74) is 5.32. The zero-order valence-corrected chi connectivity index (χ0v) is 5.74. The van der Waals surface area contributed by atoms with Crippen LogP contribution in [0, 0.1) is 0 Å². The molecule has 0 spiro atoms. The topological polar surface area (TPSA) is 35.2 Å². The average molecular weight is 156 g/mol. The van der Waals surface area contributed by atoms with Crippen molar-refractivity contribution in [1.82, 2.24) is 0 Å². The Bertz CT molecular complexity index is 96.0. The molecule has 1 unspecified atom stereocenters. The summed E-state index contributed by atoms with van der Waals surface area (Å²) in [6.07, 6.45) is 1.09. The Kier molecular flexibility index (Phi) is 1.68. The predicted molar refractivity (Wildman–Crippen MR) is 32.7 cm³/mol. The molecule has 2 nitrogen and oxygen atoms in total. The fourth-order valence-corrected chi connectivity index (χ4v) is 1.10. The van der Waals surface area contributed by atoms with Gasteiger partial charge in [-0.1, -0.05) is 23.2 Å². The molecule has 2 N–H and O–H groups in total. The van der Waals surface area contributed by atoms with E-state index in [0.29, 0.717) is 6.42 Å². The third-order valence-electron chi connectivity index (χ3n) is 1.04. The number of hydrogen-bond acceptors (Lipinski definition) is 2. The van der Waals surface area contributed by atoms with Gasteiger partial charge in [-0.15, -0.1) is 0 Å². The molecule has 1 heterocycles. The Labute approximate surface area is 57.9 Å². The molecule has 1 aliphatic heterocycles. The van der Waals surface area contributed by atoms with Crippen molar-refractivity contribution in [2.45, 2.75) is 23.6 Å². The van der Waals surface area contributed by atoms with Crippen LogP contribution in [0.4, 0.5) is 0 Å². The van der Waals surface area contributed by atoms with Gasteiger partial charge in [-0.3, -0.25) is 0 Å². The molecule has 1 aliphatic rings. The third kappa shape index (κ3) is 1.49. The van der Waals surface area contributed by atoms with Crippen LogP contribution in [0.15, 0.2) is 0 Å². The first-order valence-corrected chi connectivity index (χ1v) is 3.17. The zero-order valence-electron chi connectivity index (χ0n) is 4.23. The van der Waals surface area contributed by atoms with E-state index in [1.807, 2.05) is 0 Å². The van der Waals surface area contributed by atoms with Crippen molar-refractivity contribution in [3.05, 3.63) is 0 Å². The monoisotopic (exact) mass is 155 g/mol. The lowest BCUT2D eigenvalue weighted by molar-refractivity contribution is 0.0698. The van der Waals surface area contributed by atoms with E-state index in [9.17, 15) is 0 Å². The van der Waals surface area contributed by atoms with E-state index in [1.54, 1.807) is 0 Å². The van der Waals surface area contributed by atoms with Gasteiger partial charge in [-0.25, -0.2) is 0 Å². The van der Waals surface area contributed by atoms with Crippen molar-refractivity contribution < 1.29 is 4.74 Å². The molecule has 0 radical (unpaired) electrons. The molecular weight excluding hydrogens is 149 g/mol. The summed E-state index contributed by atoms with van der Waals surface area (Å²) >= 11 is 11.1. The van der Waals surface area contributed by atoms with Crippen molar-refractivity contribution in [2.24, 2.45) is 5.73 Å². The van der Waals surface area contributed by atoms with Gasteiger partial charge >= 0.3 is 0 Å². The lowest BCUT2D eigenvalue weighted by Gasteiger charge is -2.10. The highest BCUT2D eigenvalue weighted by Crippen LogP contribution is 2.35. The number of halogens is 2. The molecule has 1 atom stereocenters. The summed E-state index contributed by atoms with van der Waals surface area (Å²) < 4.78 is 3.84. The first-order chi connectivity index (χ1) is 3.60. The van der Waals surface area contributed by atoms with Gasteiger partial charge in [0.25, 0.3) is 0 Å². The summed E-state index contributed by atoms with van der Waals surface area (Å²) in [6.45, 7) is 0. The lowest BCUT2D eigenvalue weighted by Crippen LogP contribution is -2.21. The van der Waals surface area contributed by atoms with Gasteiger partial charge in [0.1, 0.15) is 6.23 Å². The molecule has 0 bridgehead atoms. The lowest BCUT2D eigenvalue weighted by atomic mass is 10.3. The van der Waals surface area contributed by atoms with Crippen molar-refractivity contribution in [3.63, 3.8) is 0 Å². The second-order valence-corrected chi connectivity index (χ2v) is 3.25. The molecule has 0 aromatic heterocycles. The van der Waals surface area contributed by atoms with E-state index >= 15 is 0 Å². The van der Waals surface area contributed by atoms with Crippen molar-refractivity contribution in [2.75, 3.05) is 0 Å². The molecule has 48 valence electrons. The van der Waals surface area contributed by atoms with Crippen LogP contribution in [-0.4, -0.2) is 10.7 Å². The molecule has 0 saturated carbocycles. The smallest absolute Gasteiger partial charge is 0.218 e. The predicted octanol–water partition coefficient (Wildman–Crippen LogP) is 1.21. The third-order valence-corrected chi connectivity index (χ3v) is 1.60. The van der Waals surface area contributed by atoms with Gasteiger partial charge < -0.3 is 10.5 Å². The van der Waals surface area contributed by atoms with Crippen LogP contribution >= 0.6 is 23.2 Å². The molecule has 1 rings (SSSR count). The number of ether oxygens (including phenoxy) is 1. The number of alkyl halides is 2. The highest BCUT2D eigenvalue weighted by Gasteiger charge is 2.34. The second kappa shape index (κ2) is 2.03. The maximum Gasteiger partial charge on any atom is 0.218 e. The molecule has 0 aromatic carbocycles. The quantitative estimate of drug-likeness (QED) is 0.535. The van der Waals surface area contributed by atoms with Gasteiger partial charge in [0, 0.05) is 6.42 Å². The normalized spacial score (nSPS) is 35.6. The van der Waals surface area contributed by atoms with Crippen LogP contribution in [0.1, 0.15) is 12.8 Å². The molecule has 1 saturated heterocycles. The molecule has 0 aliphatic carbocycles. The van der Waals surface area contributed by atoms with E-state index in [4.69, 9.17) is 33.7 Å². The number of hydrogen-bond donors (Lipinski definition) is 1. The van der Waals surface area contributed by atoms with Crippen LogP contribution in [-0.2, 0) is 4.74 Å². The largest absolute Gasteiger partial charge is 0.328 e. The number of rotatable bonds is 0. The van der Waals surface area contributed by atoms with Crippen LogP contribution < -0.4 is 5.73 Å². The first-order valence-electron chi connectivity index (χ1n) is 2.41. The van der Waals surface area contributed by atoms with E-state index < -0.39 is 4.52 Å². The molecule has 8 heavy (non-hydrogen) atoms. The van der Waals surface area contributed by atoms with Gasteiger partial charge in [0.15, 0.2) is 0 Å². The van der Waals surface area contributed by atoms with Crippen LogP contribution in [0.25, 0.3) is 0 Å². The summed E-state index contributed by atoms with van der Waals surface area (Å²) in [7, 11) is 0. The maximum absolute atomic E-state index is 5.53. The Balaban J connectivity index is 2.44. The average Bonchev–Trinajstić information content (AvgIpc) is 1.82. The van der Waals surface area contributed by atoms with Gasteiger partial charge in [0.2, 0.25) is 4.52 Å². The molecule has 0 amide bonds. The van der Waals surface area contributed by atoms with Crippen LogP contribution in [0.3, 0.4) is 0 Å². The van der Waals surface area contributed by atoms with E-state index in [2.05, 4.69) is 0 Å². The Hall–Kier alpha value is 0.500. The SMILES string of the molecule is NC1CCC(Cl)(Cl)O1. The molecule has 4 heteroatoms. The van der Waals surface area contributed by atoms with Crippen molar-refractivity contribution in [1.29, 1.82) is 0 Å². The van der Waals surface area contributed by atoms with E-state index in [1.165, 1.54) is 0 Å². The minimum atomic E-state index is -1.01. The highest BCUT2D eigenvalue weighted by molar-refractivity contribution is 6.47. The minimum Gasteiger partial charge on any atom is -0.328 e. The van der Waals surface area contributed by atoms with Gasteiger partial charge in [-0.05, 0) is 6.42 Å². The molecular formula is C4H7Cl2NO. The van der Waals surface area contributed by atoms with Crippen LogP contribution in [0.5, 0.6) is 0 Å². The first kappa shape index (κ1) is 6.62. The van der Waals surface area contributed by atoms with Crippen molar-refractivity contribution >= 4 is 23.2 Å².